The van der Waals surface area contributed by atoms with Crippen LogP contribution in [0.25, 0.3) is 0 Å². The van der Waals surface area contributed by atoms with Gasteiger partial charge < -0.3 is 89.0 Å². The van der Waals surface area contributed by atoms with Crippen LogP contribution in [0.4, 0.5) is 0 Å². The van der Waals surface area contributed by atoms with Gasteiger partial charge in [-0.2, -0.15) is 0 Å². The molecule has 41 heavy (non-hydrogen) atoms. The molecular weight excluding hydrogens is 568 g/mol. The molecule has 19 heteroatoms. The SMILES string of the molecule is CO[C@H]1[C@H](O)[C@@H](O[C@@H]2OC[C@@H](O[C@@H]3OC[C@@H](O[C@@H]4OC[C@@H](O)[C@H](O)[C@H]4O)[C@H](O)[C@H]3O)[C@H](O)[C@H]2O)[C@@H](O)O[C@@H]1C(=O)O. The highest BCUT2D eigenvalue weighted by Gasteiger charge is 2.52. The second-order valence-electron chi connectivity index (χ2n) is 10.0. The summed E-state index contributed by atoms with van der Waals surface area (Å²) < 4.78 is 42.1. The monoisotopic (exact) mass is 604 g/mol. The average molecular weight is 605 g/mol. The molecule has 10 N–H and O–H groups in total. The number of carboxylic acids is 1. The van der Waals surface area contributed by atoms with Crippen molar-refractivity contribution in [3.05, 3.63) is 0 Å². The molecule has 0 amide bonds. The molecule has 0 aromatic carbocycles. The number of hydrogen-bond acceptors (Lipinski definition) is 18. The Morgan fingerprint density at radius 3 is 1.56 bits per heavy atom. The van der Waals surface area contributed by atoms with Gasteiger partial charge in [-0.05, 0) is 0 Å². The first-order valence-electron chi connectivity index (χ1n) is 12.7. The second kappa shape index (κ2) is 13.6. The van der Waals surface area contributed by atoms with Gasteiger partial charge in [-0.3, -0.25) is 0 Å². The maximum Gasteiger partial charge on any atom is 0.335 e. The Bertz CT molecular complexity index is 865. The lowest BCUT2D eigenvalue weighted by Gasteiger charge is -2.45. The highest BCUT2D eigenvalue weighted by molar-refractivity contribution is 5.73. The molecule has 0 spiro atoms. The van der Waals surface area contributed by atoms with Crippen LogP contribution in [0.15, 0.2) is 0 Å². The molecule has 0 saturated carbocycles. The maximum absolute atomic E-state index is 11.3. The number of ether oxygens (including phenoxy) is 8. The molecule has 4 heterocycles. The van der Waals surface area contributed by atoms with Gasteiger partial charge in [0.1, 0.15) is 73.2 Å². The predicted molar refractivity (Wildman–Crippen MR) is 121 cm³/mol. The summed E-state index contributed by atoms with van der Waals surface area (Å²) in [6.45, 7) is -1.23. The molecule has 0 aromatic rings. The summed E-state index contributed by atoms with van der Waals surface area (Å²) in [6.07, 6.45) is -27.3. The summed E-state index contributed by atoms with van der Waals surface area (Å²) in [5.74, 6) is -1.51. The summed E-state index contributed by atoms with van der Waals surface area (Å²) >= 11 is 0. The average Bonchev–Trinajstić information content (AvgIpc) is 2.93. The van der Waals surface area contributed by atoms with Gasteiger partial charge in [0.25, 0.3) is 0 Å². The van der Waals surface area contributed by atoms with Crippen LogP contribution in [0, 0.1) is 0 Å². The van der Waals surface area contributed by atoms with E-state index in [1.54, 1.807) is 0 Å². The van der Waals surface area contributed by atoms with Crippen molar-refractivity contribution in [3.8, 4) is 0 Å². The van der Waals surface area contributed by atoms with Crippen molar-refractivity contribution in [3.63, 3.8) is 0 Å². The molecule has 4 rings (SSSR count). The van der Waals surface area contributed by atoms with Crippen molar-refractivity contribution in [2.24, 2.45) is 0 Å². The Morgan fingerprint density at radius 2 is 1.07 bits per heavy atom. The van der Waals surface area contributed by atoms with E-state index in [2.05, 4.69) is 0 Å². The van der Waals surface area contributed by atoms with Crippen molar-refractivity contribution in [2.75, 3.05) is 26.9 Å². The van der Waals surface area contributed by atoms with Crippen LogP contribution >= 0.6 is 0 Å². The summed E-state index contributed by atoms with van der Waals surface area (Å²) in [6, 6.07) is 0. The lowest BCUT2D eigenvalue weighted by Crippen LogP contribution is -2.64. The highest BCUT2D eigenvalue weighted by Crippen LogP contribution is 2.30. The van der Waals surface area contributed by atoms with Crippen molar-refractivity contribution in [2.45, 2.75) is 105 Å². The normalized spacial score (nSPS) is 51.3. The van der Waals surface area contributed by atoms with Crippen molar-refractivity contribution in [1.29, 1.82) is 0 Å². The standard InChI is InChI=1S/C22H36O19/c1-34-15-14(30)16(19(33)40-17(15)18(31)32)41-22-13(29)10(26)7(4-37-22)39-21-12(28)9(25)6(3-36-21)38-20-11(27)8(24)5(23)2-35-20/h5-17,19-30,33H,2-4H2,1H3,(H,31,32)/t5-,6-,7-,8+,9+,10+,11-,12-,13-,14+,15+,16-,17+,19+,20+,21+,22+/m1/s1. The zero-order chi connectivity index (χ0) is 30.2. The molecule has 4 fully saturated rings. The summed E-state index contributed by atoms with van der Waals surface area (Å²) in [4.78, 5) is 11.3. The Morgan fingerprint density at radius 1 is 0.610 bits per heavy atom. The van der Waals surface area contributed by atoms with E-state index in [0.29, 0.717) is 0 Å². The van der Waals surface area contributed by atoms with Crippen LogP contribution in [-0.4, -0.2) is 188 Å². The number of aliphatic carboxylic acids is 1. The van der Waals surface area contributed by atoms with E-state index in [0.717, 1.165) is 7.11 Å². The number of aliphatic hydroxyl groups excluding tert-OH is 9. The van der Waals surface area contributed by atoms with Crippen LogP contribution in [0.3, 0.4) is 0 Å². The fourth-order valence-electron chi connectivity index (χ4n) is 4.86. The van der Waals surface area contributed by atoms with Crippen molar-refractivity contribution in [1.82, 2.24) is 0 Å². The number of hydrogen-bond donors (Lipinski definition) is 10. The van der Waals surface area contributed by atoms with Gasteiger partial charge >= 0.3 is 5.97 Å². The molecule has 0 radical (unpaired) electrons. The second-order valence-corrected chi connectivity index (χ2v) is 10.0. The smallest absolute Gasteiger partial charge is 0.335 e. The maximum atomic E-state index is 11.3. The first-order chi connectivity index (χ1) is 19.3. The van der Waals surface area contributed by atoms with Crippen LogP contribution in [0.1, 0.15) is 0 Å². The third kappa shape index (κ3) is 6.81. The number of carboxylic acid groups (broad SMARTS) is 1. The molecule has 19 nitrogen and oxygen atoms in total. The minimum atomic E-state index is -1.96. The van der Waals surface area contributed by atoms with Crippen molar-refractivity contribution >= 4 is 5.97 Å². The zero-order valence-corrected chi connectivity index (χ0v) is 21.6. The molecule has 0 bridgehead atoms. The largest absolute Gasteiger partial charge is 0.479 e. The van der Waals surface area contributed by atoms with Gasteiger partial charge in [0.15, 0.2) is 31.3 Å². The lowest BCUT2D eigenvalue weighted by atomic mass is 9.98. The van der Waals surface area contributed by atoms with Gasteiger partial charge in [-0.1, -0.05) is 0 Å². The Hall–Kier alpha value is -1.21. The minimum Gasteiger partial charge on any atom is -0.479 e. The molecule has 4 aliphatic rings. The Kier molecular flexibility index (Phi) is 10.9. The van der Waals surface area contributed by atoms with Crippen LogP contribution < -0.4 is 0 Å². The Balaban J connectivity index is 1.30. The fraction of sp³-hybridized carbons (Fsp3) is 0.955. The van der Waals surface area contributed by atoms with Gasteiger partial charge in [0.2, 0.25) is 0 Å². The van der Waals surface area contributed by atoms with Gasteiger partial charge in [0, 0.05) is 7.11 Å². The van der Waals surface area contributed by atoms with E-state index < -0.39 is 124 Å². The zero-order valence-electron chi connectivity index (χ0n) is 21.6. The summed E-state index contributed by atoms with van der Waals surface area (Å²) in [5, 5.41) is 101. The molecule has 0 unspecified atom stereocenters. The number of rotatable bonds is 8. The summed E-state index contributed by atoms with van der Waals surface area (Å²) in [5.41, 5.74) is 0. The van der Waals surface area contributed by atoms with Gasteiger partial charge in [-0.15, -0.1) is 0 Å². The minimum absolute atomic E-state index is 0.352. The lowest BCUT2D eigenvalue weighted by molar-refractivity contribution is -0.365. The topological polar surface area (TPSA) is 293 Å². The number of aliphatic hydroxyl groups is 9. The molecule has 0 aliphatic carbocycles. The van der Waals surface area contributed by atoms with Gasteiger partial charge in [-0.25, -0.2) is 4.79 Å². The fourth-order valence-corrected chi connectivity index (χ4v) is 4.86. The summed E-state index contributed by atoms with van der Waals surface area (Å²) in [7, 11) is 1.11. The van der Waals surface area contributed by atoms with Gasteiger partial charge in [0.05, 0.1) is 19.8 Å². The third-order valence-corrected chi connectivity index (χ3v) is 7.29. The van der Waals surface area contributed by atoms with E-state index >= 15 is 0 Å². The number of carbonyl (C=O) groups is 1. The highest BCUT2D eigenvalue weighted by atomic mass is 16.8. The van der Waals surface area contributed by atoms with E-state index in [-0.39, 0.29) is 6.61 Å². The predicted octanol–water partition coefficient (Wildman–Crippen LogP) is -7.09. The Labute approximate surface area is 231 Å². The first-order valence-corrected chi connectivity index (χ1v) is 12.7. The van der Waals surface area contributed by atoms with E-state index in [4.69, 9.17) is 37.9 Å². The molecule has 4 saturated heterocycles. The third-order valence-electron chi connectivity index (χ3n) is 7.29. The van der Waals surface area contributed by atoms with Crippen LogP contribution in [-0.2, 0) is 42.7 Å². The molecule has 238 valence electrons. The molecule has 17 atom stereocenters. The van der Waals surface area contributed by atoms with Crippen LogP contribution in [0.5, 0.6) is 0 Å². The molecule has 4 aliphatic heterocycles. The van der Waals surface area contributed by atoms with E-state index in [9.17, 15) is 55.9 Å². The quantitative estimate of drug-likeness (QED) is 0.123. The molecular formula is C22H36O19. The molecule has 0 aromatic heterocycles. The first kappa shape index (κ1) is 32.7. The van der Waals surface area contributed by atoms with Crippen molar-refractivity contribution < 1.29 is 93.8 Å². The number of methoxy groups -OCH3 is 1. The van der Waals surface area contributed by atoms with Crippen LogP contribution in [0.2, 0.25) is 0 Å². The van der Waals surface area contributed by atoms with E-state index in [1.807, 2.05) is 0 Å². The van der Waals surface area contributed by atoms with E-state index in [1.165, 1.54) is 0 Å².